The van der Waals surface area contributed by atoms with E-state index >= 15 is 0 Å². The summed E-state index contributed by atoms with van der Waals surface area (Å²) in [5.74, 6) is 0.0163. The quantitative estimate of drug-likeness (QED) is 0.318. The first-order chi connectivity index (χ1) is 20.0. The van der Waals surface area contributed by atoms with Crippen molar-refractivity contribution in [1.29, 1.82) is 0 Å². The fraction of sp³-hybridized carbons (Fsp3) is 0.517. The molecule has 0 aliphatic carbocycles. The minimum absolute atomic E-state index is 0.000282. The largest absolute Gasteiger partial charge is 0.496 e. The van der Waals surface area contributed by atoms with Crippen LogP contribution in [0.25, 0.3) is 0 Å². The average Bonchev–Trinajstić information content (AvgIpc) is 2.95. The molecule has 9 nitrogen and oxygen atoms in total. The highest BCUT2D eigenvalue weighted by molar-refractivity contribution is 6.30. The predicted octanol–water partition coefficient (Wildman–Crippen LogP) is 3.61. The molecule has 13 heteroatoms. The normalized spacial score (nSPS) is 15.3. The number of rotatable bonds is 13. The fourth-order valence-corrected chi connectivity index (χ4v) is 5.09. The van der Waals surface area contributed by atoms with Crippen LogP contribution in [0.4, 0.5) is 18.9 Å². The lowest BCUT2D eigenvalue weighted by atomic mass is 10.0. The summed E-state index contributed by atoms with van der Waals surface area (Å²) >= 11 is 6.12. The molecule has 0 radical (unpaired) electrons. The molecular formula is C29H39ClF3N5O4. The standard InChI is InChI=1S/C29H39ClF3N5O4/c1-19(18-41-3)35-16-20-13-21(29(31,32)33)5-8-25(20)37-9-11-38(12-10-37)28(40)15-24(36-27(39)17-34-2)23-7-6-22(30)14-26(23)42-4/h5-8,13-14,19,24,34-35H,9-12,15-18H2,1-4H3,(H,36,39). The number of nitrogens with one attached hydrogen (secondary N) is 3. The number of amides is 2. The molecule has 1 heterocycles. The second-order valence-corrected chi connectivity index (χ2v) is 10.6. The van der Waals surface area contributed by atoms with Crippen molar-refractivity contribution in [3.8, 4) is 5.75 Å². The van der Waals surface area contributed by atoms with Crippen LogP contribution in [0.5, 0.6) is 5.75 Å². The number of hydrogen-bond acceptors (Lipinski definition) is 7. The number of benzene rings is 2. The zero-order chi connectivity index (χ0) is 30.9. The van der Waals surface area contributed by atoms with Gasteiger partial charge in [-0.15, -0.1) is 0 Å². The monoisotopic (exact) mass is 613 g/mol. The lowest BCUT2D eigenvalue weighted by molar-refractivity contribution is -0.137. The summed E-state index contributed by atoms with van der Waals surface area (Å²) in [4.78, 5) is 29.6. The van der Waals surface area contributed by atoms with Crippen LogP contribution < -0.4 is 25.6 Å². The van der Waals surface area contributed by atoms with Gasteiger partial charge in [0, 0.05) is 62.1 Å². The van der Waals surface area contributed by atoms with E-state index in [1.807, 2.05) is 11.8 Å². The van der Waals surface area contributed by atoms with E-state index in [2.05, 4.69) is 16.0 Å². The Morgan fingerprint density at radius 2 is 1.79 bits per heavy atom. The van der Waals surface area contributed by atoms with Crippen molar-refractivity contribution in [2.24, 2.45) is 0 Å². The van der Waals surface area contributed by atoms with Crippen molar-refractivity contribution < 1.29 is 32.2 Å². The Morgan fingerprint density at radius 3 is 2.40 bits per heavy atom. The first kappa shape index (κ1) is 33.4. The molecule has 42 heavy (non-hydrogen) atoms. The SMILES string of the molecule is CNCC(=O)NC(CC(=O)N1CCN(c2ccc(C(F)(F)F)cc2CNC(C)COC)CC1)c1ccc(Cl)cc1OC. The highest BCUT2D eigenvalue weighted by Gasteiger charge is 2.32. The van der Waals surface area contributed by atoms with E-state index in [0.29, 0.717) is 60.4 Å². The number of halogens is 4. The van der Waals surface area contributed by atoms with Crippen LogP contribution in [0.15, 0.2) is 36.4 Å². The molecular weight excluding hydrogens is 575 g/mol. The van der Waals surface area contributed by atoms with Gasteiger partial charge in [0.05, 0.1) is 38.3 Å². The summed E-state index contributed by atoms with van der Waals surface area (Å²) < 4.78 is 51.0. The van der Waals surface area contributed by atoms with Crippen molar-refractivity contribution in [2.75, 3.05) is 65.5 Å². The van der Waals surface area contributed by atoms with Crippen molar-refractivity contribution in [1.82, 2.24) is 20.9 Å². The molecule has 2 atom stereocenters. The Labute approximate surface area is 249 Å². The molecule has 2 amide bonds. The van der Waals surface area contributed by atoms with E-state index < -0.39 is 17.8 Å². The number of carbonyl (C=O) groups excluding carboxylic acids is 2. The van der Waals surface area contributed by atoms with Gasteiger partial charge in [-0.25, -0.2) is 0 Å². The molecule has 3 N–H and O–H groups in total. The smallest absolute Gasteiger partial charge is 0.416 e. The lowest BCUT2D eigenvalue weighted by Crippen LogP contribution is -2.50. The van der Waals surface area contributed by atoms with Gasteiger partial charge in [0.15, 0.2) is 0 Å². The topological polar surface area (TPSA) is 95.2 Å². The van der Waals surface area contributed by atoms with E-state index in [-0.39, 0.29) is 37.4 Å². The molecule has 0 aromatic heterocycles. The minimum atomic E-state index is -4.46. The summed E-state index contributed by atoms with van der Waals surface area (Å²) in [6.45, 7) is 4.28. The molecule has 1 fully saturated rings. The van der Waals surface area contributed by atoms with Crippen molar-refractivity contribution in [3.05, 3.63) is 58.1 Å². The molecule has 1 saturated heterocycles. The molecule has 2 aromatic rings. The predicted molar refractivity (Wildman–Crippen MR) is 156 cm³/mol. The molecule has 1 aliphatic rings. The van der Waals surface area contributed by atoms with Gasteiger partial charge in [-0.05, 0) is 49.9 Å². The van der Waals surface area contributed by atoms with Crippen molar-refractivity contribution >= 4 is 29.1 Å². The Hall–Kier alpha value is -3.06. The molecule has 232 valence electrons. The van der Waals surface area contributed by atoms with Gasteiger partial charge in [-0.1, -0.05) is 17.7 Å². The van der Waals surface area contributed by atoms with Crippen LogP contribution in [-0.2, 0) is 27.0 Å². The molecule has 0 saturated carbocycles. The highest BCUT2D eigenvalue weighted by Crippen LogP contribution is 2.34. The van der Waals surface area contributed by atoms with E-state index in [4.69, 9.17) is 21.1 Å². The third-order valence-electron chi connectivity index (χ3n) is 7.06. The minimum Gasteiger partial charge on any atom is -0.496 e. The zero-order valence-electron chi connectivity index (χ0n) is 24.3. The number of alkyl halides is 3. The van der Waals surface area contributed by atoms with Gasteiger partial charge in [-0.2, -0.15) is 13.2 Å². The molecule has 2 unspecified atom stereocenters. The Balaban J connectivity index is 1.73. The number of methoxy groups -OCH3 is 2. The third kappa shape index (κ3) is 9.22. The van der Waals surface area contributed by atoms with E-state index in [9.17, 15) is 22.8 Å². The van der Waals surface area contributed by atoms with E-state index in [1.165, 1.54) is 19.2 Å². The van der Waals surface area contributed by atoms with Crippen LogP contribution in [-0.4, -0.2) is 83.4 Å². The molecule has 3 rings (SSSR count). The summed E-state index contributed by atoms with van der Waals surface area (Å²) in [6.07, 6.45) is -4.46. The van der Waals surface area contributed by atoms with Crippen LogP contribution in [0.3, 0.4) is 0 Å². The van der Waals surface area contributed by atoms with Gasteiger partial charge in [-0.3, -0.25) is 9.59 Å². The first-order valence-corrected chi connectivity index (χ1v) is 14.1. The van der Waals surface area contributed by atoms with Crippen LogP contribution >= 0.6 is 11.6 Å². The van der Waals surface area contributed by atoms with E-state index in [0.717, 1.165) is 6.07 Å². The highest BCUT2D eigenvalue weighted by atomic mass is 35.5. The Kier molecular flexibility index (Phi) is 12.3. The maximum atomic E-state index is 13.5. The van der Waals surface area contributed by atoms with E-state index in [1.54, 1.807) is 37.3 Å². The maximum absolute atomic E-state index is 13.5. The average molecular weight is 614 g/mol. The summed E-state index contributed by atoms with van der Waals surface area (Å²) in [7, 11) is 4.71. The van der Waals surface area contributed by atoms with Crippen LogP contribution in [0, 0.1) is 0 Å². The molecule has 0 bridgehead atoms. The number of likely N-dealkylation sites (N-methyl/N-ethyl adjacent to an activating group) is 1. The van der Waals surface area contributed by atoms with Gasteiger partial charge in [0.25, 0.3) is 0 Å². The van der Waals surface area contributed by atoms with Crippen molar-refractivity contribution in [3.63, 3.8) is 0 Å². The number of anilines is 1. The van der Waals surface area contributed by atoms with Gasteiger partial charge in [0.2, 0.25) is 11.8 Å². The second kappa shape index (κ2) is 15.4. The summed E-state index contributed by atoms with van der Waals surface area (Å²) in [5, 5.41) is 9.38. The Bertz CT molecular complexity index is 1210. The maximum Gasteiger partial charge on any atom is 0.416 e. The number of hydrogen-bond donors (Lipinski definition) is 3. The van der Waals surface area contributed by atoms with Crippen LogP contribution in [0.1, 0.15) is 36.1 Å². The first-order valence-electron chi connectivity index (χ1n) is 13.7. The lowest BCUT2D eigenvalue weighted by Gasteiger charge is -2.38. The number of nitrogens with zero attached hydrogens (tertiary/aromatic N) is 2. The summed E-state index contributed by atoms with van der Waals surface area (Å²) in [6, 6.07) is 8.10. The van der Waals surface area contributed by atoms with Crippen molar-refractivity contribution in [2.45, 2.75) is 38.1 Å². The molecule has 0 spiro atoms. The third-order valence-corrected chi connectivity index (χ3v) is 7.29. The zero-order valence-corrected chi connectivity index (χ0v) is 25.1. The molecule has 1 aliphatic heterocycles. The summed E-state index contributed by atoms with van der Waals surface area (Å²) in [5.41, 5.74) is 1.13. The number of piperazine rings is 1. The van der Waals surface area contributed by atoms with Gasteiger partial charge in [0.1, 0.15) is 5.75 Å². The molecule has 2 aromatic carbocycles. The number of carbonyl (C=O) groups is 2. The fourth-order valence-electron chi connectivity index (χ4n) is 4.92. The van der Waals surface area contributed by atoms with Gasteiger partial charge < -0.3 is 35.2 Å². The number of ether oxygens (including phenoxy) is 2. The van der Waals surface area contributed by atoms with Gasteiger partial charge >= 0.3 is 6.18 Å². The van der Waals surface area contributed by atoms with Crippen LogP contribution in [0.2, 0.25) is 5.02 Å². The Morgan fingerprint density at radius 1 is 1.07 bits per heavy atom. The second-order valence-electron chi connectivity index (χ2n) is 10.2.